The third-order valence-electron chi connectivity index (χ3n) is 5.25. The van der Waals surface area contributed by atoms with Crippen molar-refractivity contribution in [2.75, 3.05) is 7.11 Å². The number of methoxy groups -OCH3 is 1. The number of hydrogen-bond donors (Lipinski definition) is 2. The Labute approximate surface area is 124 Å². The van der Waals surface area contributed by atoms with Gasteiger partial charge in [0, 0.05) is 18.0 Å². The molecule has 1 aromatic carbocycles. The van der Waals surface area contributed by atoms with E-state index >= 15 is 0 Å². The van der Waals surface area contributed by atoms with Gasteiger partial charge >= 0.3 is 0 Å². The van der Waals surface area contributed by atoms with E-state index in [1.54, 1.807) is 7.11 Å². The van der Waals surface area contributed by atoms with E-state index in [0.29, 0.717) is 6.42 Å². The van der Waals surface area contributed by atoms with Crippen molar-refractivity contribution >= 4 is 0 Å². The molecule has 4 atom stereocenters. The first-order valence-electron chi connectivity index (χ1n) is 7.67. The fourth-order valence-corrected chi connectivity index (χ4v) is 4.22. The number of hydrogen-bond acceptors (Lipinski definition) is 4. The highest BCUT2D eigenvalue weighted by Gasteiger charge is 2.52. The van der Waals surface area contributed by atoms with Gasteiger partial charge in [0.2, 0.25) is 0 Å². The van der Waals surface area contributed by atoms with Crippen LogP contribution in [0, 0.1) is 0 Å². The van der Waals surface area contributed by atoms with Gasteiger partial charge in [-0.25, -0.2) is 0 Å². The van der Waals surface area contributed by atoms with Gasteiger partial charge in [0.1, 0.15) is 6.10 Å². The van der Waals surface area contributed by atoms with E-state index in [2.05, 4.69) is 12.1 Å². The molecule has 2 aliphatic carbocycles. The minimum Gasteiger partial charge on any atom is -0.493 e. The van der Waals surface area contributed by atoms with E-state index < -0.39 is 6.10 Å². The fourth-order valence-electron chi connectivity index (χ4n) is 4.22. The molecule has 0 bridgehead atoms. The SMILES string of the molecule is COc1ccc2c3c1O[C@H]1C[C@@H](O)C=C[C@@]31CCC[C@H]2N. The first-order valence-corrected chi connectivity index (χ1v) is 7.67. The number of aliphatic hydroxyl groups is 1. The van der Waals surface area contributed by atoms with Crippen LogP contribution in [0.15, 0.2) is 24.3 Å². The Morgan fingerprint density at radius 3 is 3.10 bits per heavy atom. The average molecular weight is 287 g/mol. The van der Waals surface area contributed by atoms with Crippen molar-refractivity contribution in [3.05, 3.63) is 35.4 Å². The molecule has 0 radical (unpaired) electrons. The van der Waals surface area contributed by atoms with Crippen molar-refractivity contribution < 1.29 is 14.6 Å². The van der Waals surface area contributed by atoms with Gasteiger partial charge < -0.3 is 20.3 Å². The summed E-state index contributed by atoms with van der Waals surface area (Å²) in [6.45, 7) is 0. The lowest BCUT2D eigenvalue weighted by Crippen LogP contribution is -2.41. The molecular formula is C17H21NO3. The monoisotopic (exact) mass is 287 g/mol. The third kappa shape index (κ3) is 1.69. The zero-order valence-electron chi connectivity index (χ0n) is 12.2. The van der Waals surface area contributed by atoms with Gasteiger partial charge in [0.15, 0.2) is 11.5 Å². The maximum absolute atomic E-state index is 9.96. The van der Waals surface area contributed by atoms with E-state index in [9.17, 15) is 5.11 Å². The minimum atomic E-state index is -0.429. The first-order chi connectivity index (χ1) is 10.2. The summed E-state index contributed by atoms with van der Waals surface area (Å²) in [5, 5.41) is 9.96. The molecule has 1 spiro atoms. The van der Waals surface area contributed by atoms with Gasteiger partial charge in [-0.2, -0.15) is 0 Å². The van der Waals surface area contributed by atoms with E-state index in [0.717, 1.165) is 30.8 Å². The second-order valence-corrected chi connectivity index (χ2v) is 6.37. The lowest BCUT2D eigenvalue weighted by Gasteiger charge is -2.35. The molecule has 0 fully saturated rings. The first kappa shape index (κ1) is 13.2. The van der Waals surface area contributed by atoms with E-state index in [4.69, 9.17) is 15.2 Å². The maximum Gasteiger partial charge on any atom is 0.166 e. The lowest BCUT2D eigenvalue weighted by atomic mass is 9.69. The van der Waals surface area contributed by atoms with E-state index in [1.807, 2.05) is 12.1 Å². The Balaban J connectivity index is 1.98. The van der Waals surface area contributed by atoms with Crippen molar-refractivity contribution in [2.45, 2.75) is 49.3 Å². The molecule has 1 heterocycles. The van der Waals surface area contributed by atoms with Crippen LogP contribution in [0.25, 0.3) is 0 Å². The highest BCUT2D eigenvalue weighted by molar-refractivity contribution is 5.61. The Morgan fingerprint density at radius 2 is 2.29 bits per heavy atom. The van der Waals surface area contributed by atoms with Crippen LogP contribution < -0.4 is 15.2 Å². The fraction of sp³-hybridized carbons (Fsp3) is 0.529. The van der Waals surface area contributed by atoms with Gasteiger partial charge in [-0.05, 0) is 24.5 Å². The van der Waals surface area contributed by atoms with Crippen molar-refractivity contribution in [3.63, 3.8) is 0 Å². The summed E-state index contributed by atoms with van der Waals surface area (Å²) in [7, 11) is 1.66. The van der Waals surface area contributed by atoms with Gasteiger partial charge in [-0.3, -0.25) is 0 Å². The van der Waals surface area contributed by atoms with Crippen LogP contribution in [0.1, 0.15) is 42.9 Å². The number of rotatable bonds is 1. The summed E-state index contributed by atoms with van der Waals surface area (Å²) in [6.07, 6.45) is 7.31. The van der Waals surface area contributed by atoms with E-state index in [-0.39, 0.29) is 17.6 Å². The summed E-state index contributed by atoms with van der Waals surface area (Å²) >= 11 is 0. The van der Waals surface area contributed by atoms with Crippen LogP contribution in [0.4, 0.5) is 0 Å². The summed E-state index contributed by atoms with van der Waals surface area (Å²) in [4.78, 5) is 0. The largest absolute Gasteiger partial charge is 0.493 e. The second kappa shape index (κ2) is 4.49. The topological polar surface area (TPSA) is 64.7 Å². The van der Waals surface area contributed by atoms with Gasteiger partial charge in [-0.1, -0.05) is 24.6 Å². The summed E-state index contributed by atoms with van der Waals surface area (Å²) in [5.74, 6) is 1.59. The molecule has 1 aliphatic heterocycles. The molecule has 3 N–H and O–H groups in total. The molecule has 4 nitrogen and oxygen atoms in total. The standard InChI is InChI=1S/C17H21NO3/c1-20-13-5-4-11-12(18)3-2-7-17-8-6-10(19)9-14(17)21-16(13)15(11)17/h4-6,8,10,12,14,19H,2-3,7,9,18H2,1H3/t10-,12+,14-,17+/m0/s1. The number of aliphatic hydroxyl groups excluding tert-OH is 1. The number of benzene rings is 1. The van der Waals surface area contributed by atoms with Crippen LogP contribution in [0.2, 0.25) is 0 Å². The zero-order valence-corrected chi connectivity index (χ0v) is 12.2. The summed E-state index contributed by atoms with van der Waals surface area (Å²) in [6, 6.07) is 4.08. The van der Waals surface area contributed by atoms with Gasteiger partial charge in [0.25, 0.3) is 0 Å². The molecule has 0 unspecified atom stereocenters. The third-order valence-corrected chi connectivity index (χ3v) is 5.25. The number of ether oxygens (including phenoxy) is 2. The number of nitrogens with two attached hydrogens (primary N) is 1. The zero-order chi connectivity index (χ0) is 14.6. The predicted molar refractivity (Wildman–Crippen MR) is 79.6 cm³/mol. The van der Waals surface area contributed by atoms with Crippen molar-refractivity contribution in [1.82, 2.24) is 0 Å². The van der Waals surface area contributed by atoms with Crippen LogP contribution in [0.5, 0.6) is 11.5 Å². The van der Waals surface area contributed by atoms with Crippen LogP contribution in [-0.2, 0) is 5.41 Å². The molecule has 3 aliphatic rings. The quantitative estimate of drug-likeness (QED) is 0.777. The summed E-state index contributed by atoms with van der Waals surface area (Å²) < 4.78 is 11.7. The smallest absolute Gasteiger partial charge is 0.166 e. The van der Waals surface area contributed by atoms with Crippen LogP contribution >= 0.6 is 0 Å². The predicted octanol–water partition coefficient (Wildman–Crippen LogP) is 2.20. The van der Waals surface area contributed by atoms with Gasteiger partial charge in [-0.15, -0.1) is 0 Å². The molecule has 0 amide bonds. The van der Waals surface area contributed by atoms with Crippen molar-refractivity contribution in [1.29, 1.82) is 0 Å². The highest BCUT2D eigenvalue weighted by atomic mass is 16.5. The molecule has 21 heavy (non-hydrogen) atoms. The maximum atomic E-state index is 9.96. The highest BCUT2D eigenvalue weighted by Crippen LogP contribution is 2.57. The van der Waals surface area contributed by atoms with Crippen molar-refractivity contribution in [3.8, 4) is 11.5 Å². The van der Waals surface area contributed by atoms with E-state index in [1.165, 1.54) is 11.1 Å². The molecule has 0 aromatic heterocycles. The molecule has 4 heteroatoms. The Bertz CT molecular complexity index is 612. The summed E-state index contributed by atoms with van der Waals surface area (Å²) in [5.41, 5.74) is 8.59. The molecular weight excluding hydrogens is 266 g/mol. The molecule has 1 aromatic rings. The van der Waals surface area contributed by atoms with Gasteiger partial charge in [0.05, 0.1) is 18.6 Å². The lowest BCUT2D eigenvalue weighted by molar-refractivity contribution is 0.0841. The van der Waals surface area contributed by atoms with Crippen molar-refractivity contribution in [2.24, 2.45) is 5.73 Å². The van der Waals surface area contributed by atoms with Crippen LogP contribution in [0.3, 0.4) is 0 Å². The van der Waals surface area contributed by atoms with Crippen LogP contribution in [-0.4, -0.2) is 24.4 Å². The average Bonchev–Trinajstić information content (AvgIpc) is 2.73. The second-order valence-electron chi connectivity index (χ2n) is 6.37. The Kier molecular flexibility index (Phi) is 2.81. The normalized spacial score (nSPS) is 36.4. The molecule has 112 valence electrons. The molecule has 0 saturated carbocycles. The minimum absolute atomic E-state index is 0.0205. The Hall–Kier alpha value is -1.52. The Morgan fingerprint density at radius 1 is 1.43 bits per heavy atom. The molecule has 0 saturated heterocycles. The molecule has 4 rings (SSSR count).